The maximum absolute atomic E-state index is 10.8. The lowest BCUT2D eigenvalue weighted by Gasteiger charge is -2.09. The topological polar surface area (TPSA) is 49.4 Å². The van der Waals surface area contributed by atoms with Crippen LogP contribution in [0.25, 0.3) is 0 Å². The van der Waals surface area contributed by atoms with Crippen molar-refractivity contribution in [3.05, 3.63) is 26.5 Å². The highest BCUT2D eigenvalue weighted by atomic mass is 16.2. The Kier molecular flexibility index (Phi) is 3.83. The second-order valence-corrected chi connectivity index (χ2v) is 3.69. The van der Waals surface area contributed by atoms with Crippen LogP contribution < -0.4 is 16.2 Å². The Morgan fingerprint density at radius 1 is 1.29 bits per heavy atom. The van der Waals surface area contributed by atoms with Crippen molar-refractivity contribution in [2.24, 2.45) is 0 Å². The molecule has 1 N–H and O–H groups in total. The molecule has 0 unspecified atom stereocenters. The summed E-state index contributed by atoms with van der Waals surface area (Å²) in [5.74, 6) is 0. The Morgan fingerprint density at radius 2 is 2.00 bits per heavy atom. The van der Waals surface area contributed by atoms with E-state index in [2.05, 4.69) is 10.2 Å². The van der Waals surface area contributed by atoms with E-state index in [1.165, 1.54) is 6.07 Å². The Bertz CT molecular complexity index is 351. The van der Waals surface area contributed by atoms with Crippen LogP contribution in [-0.4, -0.2) is 32.1 Å². The molecule has 0 aliphatic heterocycles. The van der Waals surface area contributed by atoms with Crippen molar-refractivity contribution in [2.75, 3.05) is 32.5 Å². The van der Waals surface area contributed by atoms with Gasteiger partial charge in [-0.25, -0.2) is 0 Å². The summed E-state index contributed by atoms with van der Waals surface area (Å²) in [6.45, 7) is 1.81. The van der Waals surface area contributed by atoms with Gasteiger partial charge in [-0.2, -0.15) is 0 Å². The minimum Gasteiger partial charge on any atom is -0.382 e. The van der Waals surface area contributed by atoms with Gasteiger partial charge in [-0.3, -0.25) is 9.59 Å². The van der Waals surface area contributed by atoms with E-state index in [0.717, 1.165) is 25.9 Å². The zero-order valence-corrected chi connectivity index (χ0v) is 8.67. The fraction of sp³-hybridized carbons (Fsp3) is 0.600. The van der Waals surface area contributed by atoms with Crippen LogP contribution in [0.15, 0.2) is 15.7 Å². The highest BCUT2D eigenvalue weighted by Gasteiger charge is 2.07. The summed E-state index contributed by atoms with van der Waals surface area (Å²) in [5, 5.41) is 2.95. The molecule has 0 saturated carbocycles. The zero-order chi connectivity index (χ0) is 10.6. The number of hydrogen-bond donors (Lipinski definition) is 1. The molecule has 1 rings (SSSR count). The summed E-state index contributed by atoms with van der Waals surface area (Å²) in [6, 6.07) is 1.36. The SMILES string of the molecule is CN(C)CCCCNc1cc(=O)c1=O. The molecule has 4 heteroatoms. The maximum atomic E-state index is 10.8. The van der Waals surface area contributed by atoms with Crippen LogP contribution in [0.3, 0.4) is 0 Å². The highest BCUT2D eigenvalue weighted by molar-refractivity contribution is 5.46. The molecular weight excluding hydrogens is 180 g/mol. The van der Waals surface area contributed by atoms with Crippen molar-refractivity contribution in [1.29, 1.82) is 0 Å². The predicted octanol–water partition coefficient (Wildman–Crippen LogP) is 0.0363. The molecule has 0 radical (unpaired) electrons. The van der Waals surface area contributed by atoms with E-state index in [4.69, 9.17) is 0 Å². The summed E-state index contributed by atoms with van der Waals surface area (Å²) in [4.78, 5) is 23.5. The Hall–Kier alpha value is -1.16. The highest BCUT2D eigenvalue weighted by Crippen LogP contribution is 1.97. The third-order valence-corrected chi connectivity index (χ3v) is 2.09. The molecule has 0 aliphatic carbocycles. The maximum Gasteiger partial charge on any atom is 0.248 e. The number of nitrogens with one attached hydrogen (secondary N) is 1. The van der Waals surface area contributed by atoms with Gasteiger partial charge in [0.1, 0.15) is 0 Å². The van der Waals surface area contributed by atoms with Gasteiger partial charge >= 0.3 is 0 Å². The molecule has 14 heavy (non-hydrogen) atoms. The van der Waals surface area contributed by atoms with Gasteiger partial charge in [0.05, 0.1) is 5.69 Å². The zero-order valence-electron chi connectivity index (χ0n) is 8.67. The number of rotatable bonds is 6. The summed E-state index contributed by atoms with van der Waals surface area (Å²) in [5.41, 5.74) is -0.293. The van der Waals surface area contributed by atoms with Crippen LogP contribution in [0.4, 0.5) is 5.69 Å². The minimum atomic E-state index is -0.388. The average molecular weight is 196 g/mol. The fourth-order valence-corrected chi connectivity index (χ4v) is 1.22. The van der Waals surface area contributed by atoms with E-state index >= 15 is 0 Å². The molecule has 0 aromatic heterocycles. The third kappa shape index (κ3) is 2.96. The molecule has 0 heterocycles. The first-order chi connectivity index (χ1) is 6.61. The van der Waals surface area contributed by atoms with Crippen molar-refractivity contribution in [1.82, 2.24) is 4.90 Å². The number of nitrogens with zero attached hydrogens (tertiary/aromatic N) is 1. The summed E-state index contributed by atoms with van der Waals surface area (Å²) < 4.78 is 0. The minimum absolute atomic E-state index is 0.377. The van der Waals surface area contributed by atoms with Crippen molar-refractivity contribution in [3.63, 3.8) is 0 Å². The van der Waals surface area contributed by atoms with Gasteiger partial charge in [-0.1, -0.05) is 0 Å². The molecular formula is C10H16N2O2. The number of hydrogen-bond acceptors (Lipinski definition) is 4. The molecule has 0 spiro atoms. The summed E-state index contributed by atoms with van der Waals surface area (Å²) in [7, 11) is 4.06. The Labute approximate surface area is 83.2 Å². The molecule has 0 aliphatic rings. The van der Waals surface area contributed by atoms with Crippen molar-refractivity contribution in [2.45, 2.75) is 12.8 Å². The van der Waals surface area contributed by atoms with E-state index in [9.17, 15) is 9.59 Å². The van der Waals surface area contributed by atoms with Gasteiger partial charge in [0, 0.05) is 12.6 Å². The van der Waals surface area contributed by atoms with Gasteiger partial charge in [-0.05, 0) is 33.5 Å². The van der Waals surface area contributed by atoms with Crippen LogP contribution in [0.5, 0.6) is 0 Å². The molecule has 1 aromatic carbocycles. The molecule has 0 atom stereocenters. The Balaban J connectivity index is 2.09. The second kappa shape index (κ2) is 4.91. The average Bonchev–Trinajstić information content (AvgIpc) is 2.15. The van der Waals surface area contributed by atoms with Crippen LogP contribution in [0.2, 0.25) is 0 Å². The molecule has 0 amide bonds. The molecule has 1 aromatic rings. The van der Waals surface area contributed by atoms with Crippen LogP contribution in [-0.2, 0) is 0 Å². The van der Waals surface area contributed by atoms with E-state index in [1.807, 2.05) is 14.1 Å². The van der Waals surface area contributed by atoms with Gasteiger partial charge in [0.15, 0.2) is 0 Å². The lowest BCUT2D eigenvalue weighted by Crippen LogP contribution is -2.32. The predicted molar refractivity (Wildman–Crippen MR) is 57.6 cm³/mol. The first-order valence-electron chi connectivity index (χ1n) is 4.80. The first-order valence-corrected chi connectivity index (χ1v) is 4.80. The molecule has 0 saturated heterocycles. The van der Waals surface area contributed by atoms with Gasteiger partial charge < -0.3 is 10.2 Å². The number of anilines is 1. The molecule has 0 bridgehead atoms. The van der Waals surface area contributed by atoms with Gasteiger partial charge in [0.25, 0.3) is 0 Å². The lowest BCUT2D eigenvalue weighted by molar-refractivity contribution is 0.396. The van der Waals surface area contributed by atoms with Crippen molar-refractivity contribution in [3.8, 4) is 0 Å². The first kappa shape index (κ1) is 10.9. The van der Waals surface area contributed by atoms with Crippen LogP contribution in [0, 0.1) is 0 Å². The van der Waals surface area contributed by atoms with Crippen molar-refractivity contribution < 1.29 is 0 Å². The van der Waals surface area contributed by atoms with E-state index in [-0.39, 0.29) is 10.9 Å². The number of unbranched alkanes of at least 4 members (excludes halogenated alkanes) is 1. The van der Waals surface area contributed by atoms with Gasteiger partial charge in [0.2, 0.25) is 10.9 Å². The third-order valence-electron chi connectivity index (χ3n) is 2.09. The fourth-order valence-electron chi connectivity index (χ4n) is 1.22. The summed E-state index contributed by atoms with van der Waals surface area (Å²) >= 11 is 0. The molecule has 0 fully saturated rings. The lowest BCUT2D eigenvalue weighted by atomic mass is 10.2. The van der Waals surface area contributed by atoms with Crippen LogP contribution in [0.1, 0.15) is 12.8 Å². The monoisotopic (exact) mass is 196 g/mol. The quantitative estimate of drug-likeness (QED) is 0.515. The van der Waals surface area contributed by atoms with E-state index in [1.54, 1.807) is 0 Å². The second-order valence-electron chi connectivity index (χ2n) is 3.69. The molecule has 78 valence electrons. The smallest absolute Gasteiger partial charge is 0.248 e. The molecule has 4 nitrogen and oxygen atoms in total. The van der Waals surface area contributed by atoms with Crippen LogP contribution >= 0.6 is 0 Å². The standard InChI is InChI=1S/C10H16N2O2/c1-12(2)6-4-3-5-11-8-7-9(13)10(8)14/h7,11H,3-6H2,1-2H3. The van der Waals surface area contributed by atoms with E-state index < -0.39 is 0 Å². The van der Waals surface area contributed by atoms with E-state index in [0.29, 0.717) is 5.69 Å². The van der Waals surface area contributed by atoms with Crippen molar-refractivity contribution >= 4 is 5.69 Å². The Morgan fingerprint density at radius 3 is 2.50 bits per heavy atom. The normalized spacial score (nSPS) is 11.1. The summed E-state index contributed by atoms with van der Waals surface area (Å²) in [6.07, 6.45) is 2.10. The van der Waals surface area contributed by atoms with Gasteiger partial charge in [-0.15, -0.1) is 0 Å². The largest absolute Gasteiger partial charge is 0.382 e.